The Labute approximate surface area is 132 Å². The normalized spacial score (nSPS) is 10.2. The van der Waals surface area contributed by atoms with Crippen LogP contribution in [0.4, 0.5) is 0 Å². The molecule has 1 aromatic carbocycles. The largest absolute Gasteiger partial charge is 0.495 e. The molecule has 0 radical (unpaired) electrons. The van der Waals surface area contributed by atoms with E-state index in [1.165, 1.54) is 0 Å². The molecule has 0 aliphatic carbocycles. The van der Waals surface area contributed by atoms with Gasteiger partial charge < -0.3 is 10.1 Å². The number of pyridine rings is 1. The Morgan fingerprint density at radius 3 is 2.90 bits per heavy atom. The highest BCUT2D eigenvalue weighted by Gasteiger charge is 2.08. The third-order valence-electron chi connectivity index (χ3n) is 3.06. The molecule has 0 bridgehead atoms. The van der Waals surface area contributed by atoms with Crippen molar-refractivity contribution in [3.63, 3.8) is 0 Å². The number of halogens is 1. The van der Waals surface area contributed by atoms with Gasteiger partial charge in [-0.1, -0.05) is 18.2 Å². The number of carbonyl (C=O) groups excluding carboxylic acids is 1. The highest BCUT2D eigenvalue weighted by atomic mass is 79.9. The summed E-state index contributed by atoms with van der Waals surface area (Å²) in [5.74, 6) is 0.816. The van der Waals surface area contributed by atoms with Crippen LogP contribution in [-0.2, 0) is 17.6 Å². The molecule has 0 saturated carbocycles. The van der Waals surface area contributed by atoms with Crippen molar-refractivity contribution >= 4 is 21.8 Å². The van der Waals surface area contributed by atoms with Gasteiger partial charge in [-0.05, 0) is 45.6 Å². The van der Waals surface area contributed by atoms with Crippen LogP contribution in [0.15, 0.2) is 47.2 Å². The van der Waals surface area contributed by atoms with Crippen LogP contribution < -0.4 is 10.1 Å². The van der Waals surface area contributed by atoms with Gasteiger partial charge in [-0.3, -0.25) is 9.78 Å². The van der Waals surface area contributed by atoms with Crippen LogP contribution in [0.25, 0.3) is 0 Å². The van der Waals surface area contributed by atoms with Crippen molar-refractivity contribution < 1.29 is 9.53 Å². The molecule has 21 heavy (non-hydrogen) atoms. The van der Waals surface area contributed by atoms with Crippen molar-refractivity contribution in [3.05, 3.63) is 58.3 Å². The molecule has 110 valence electrons. The van der Waals surface area contributed by atoms with Gasteiger partial charge in [0.25, 0.3) is 0 Å². The summed E-state index contributed by atoms with van der Waals surface area (Å²) in [5.41, 5.74) is 1.98. The number of rotatable bonds is 6. The third kappa shape index (κ3) is 4.56. The lowest BCUT2D eigenvalue weighted by molar-refractivity contribution is -0.120. The zero-order valence-electron chi connectivity index (χ0n) is 11.8. The standard InChI is InChI=1S/C16H17BrN2O2/c1-21-16-13(5-2-6-14(16)17)7-9-19-15(20)10-12-4-3-8-18-11-12/h2-6,8,11H,7,9-10H2,1H3,(H,19,20). The lowest BCUT2D eigenvalue weighted by Gasteiger charge is -2.11. The second kappa shape index (κ2) is 7.78. The van der Waals surface area contributed by atoms with E-state index in [0.29, 0.717) is 13.0 Å². The Morgan fingerprint density at radius 2 is 2.19 bits per heavy atom. The Morgan fingerprint density at radius 1 is 1.33 bits per heavy atom. The summed E-state index contributed by atoms with van der Waals surface area (Å²) in [6.07, 6.45) is 4.47. The van der Waals surface area contributed by atoms with Gasteiger partial charge in [-0.15, -0.1) is 0 Å². The number of nitrogens with one attached hydrogen (secondary N) is 1. The van der Waals surface area contributed by atoms with Gasteiger partial charge in [0.05, 0.1) is 18.0 Å². The van der Waals surface area contributed by atoms with Gasteiger partial charge >= 0.3 is 0 Å². The lowest BCUT2D eigenvalue weighted by atomic mass is 10.1. The van der Waals surface area contributed by atoms with Crippen LogP contribution in [0.3, 0.4) is 0 Å². The molecule has 0 unspecified atom stereocenters. The van der Waals surface area contributed by atoms with Crippen molar-refractivity contribution in [3.8, 4) is 5.75 Å². The highest BCUT2D eigenvalue weighted by molar-refractivity contribution is 9.10. The average Bonchev–Trinajstić information content (AvgIpc) is 2.48. The van der Waals surface area contributed by atoms with Gasteiger partial charge in [0.1, 0.15) is 5.75 Å². The summed E-state index contributed by atoms with van der Waals surface area (Å²) in [6, 6.07) is 9.61. The number of methoxy groups -OCH3 is 1. The van der Waals surface area contributed by atoms with E-state index in [4.69, 9.17) is 4.74 Å². The van der Waals surface area contributed by atoms with Crippen LogP contribution in [0, 0.1) is 0 Å². The lowest BCUT2D eigenvalue weighted by Crippen LogP contribution is -2.27. The van der Waals surface area contributed by atoms with Crippen molar-refractivity contribution in [1.82, 2.24) is 10.3 Å². The number of hydrogen-bond donors (Lipinski definition) is 1. The Bertz CT molecular complexity index is 602. The predicted octanol–water partition coefficient (Wildman–Crippen LogP) is 2.75. The van der Waals surface area contributed by atoms with E-state index >= 15 is 0 Å². The van der Waals surface area contributed by atoms with Crippen molar-refractivity contribution in [2.75, 3.05) is 13.7 Å². The first kappa shape index (κ1) is 15.5. The van der Waals surface area contributed by atoms with Gasteiger partial charge in [0, 0.05) is 18.9 Å². The zero-order valence-corrected chi connectivity index (χ0v) is 13.4. The molecule has 0 atom stereocenters. The molecule has 1 heterocycles. The van der Waals surface area contributed by atoms with E-state index in [-0.39, 0.29) is 5.91 Å². The van der Waals surface area contributed by atoms with Crippen molar-refractivity contribution in [2.24, 2.45) is 0 Å². The maximum atomic E-state index is 11.8. The van der Waals surface area contributed by atoms with E-state index in [1.54, 1.807) is 19.5 Å². The second-order valence-corrected chi connectivity index (χ2v) is 5.42. The van der Waals surface area contributed by atoms with Crippen LogP contribution in [0.1, 0.15) is 11.1 Å². The minimum Gasteiger partial charge on any atom is -0.495 e. The molecule has 2 aromatic rings. The van der Waals surface area contributed by atoms with Gasteiger partial charge in [-0.25, -0.2) is 0 Å². The van der Waals surface area contributed by atoms with E-state index in [1.807, 2.05) is 30.3 Å². The van der Waals surface area contributed by atoms with Crippen LogP contribution in [0.2, 0.25) is 0 Å². The van der Waals surface area contributed by atoms with E-state index in [9.17, 15) is 4.79 Å². The topological polar surface area (TPSA) is 51.2 Å². The average molecular weight is 349 g/mol. The highest BCUT2D eigenvalue weighted by Crippen LogP contribution is 2.28. The number of nitrogens with zero attached hydrogens (tertiary/aromatic N) is 1. The van der Waals surface area contributed by atoms with Crippen LogP contribution >= 0.6 is 15.9 Å². The summed E-state index contributed by atoms with van der Waals surface area (Å²) >= 11 is 3.45. The molecule has 0 spiro atoms. The fourth-order valence-electron chi connectivity index (χ4n) is 2.07. The molecule has 0 aliphatic rings. The smallest absolute Gasteiger partial charge is 0.224 e. The van der Waals surface area contributed by atoms with Crippen molar-refractivity contribution in [1.29, 1.82) is 0 Å². The molecular weight excluding hydrogens is 332 g/mol. The number of ether oxygens (including phenoxy) is 1. The zero-order chi connectivity index (χ0) is 15.1. The van der Waals surface area contributed by atoms with Gasteiger partial charge in [0.15, 0.2) is 0 Å². The van der Waals surface area contributed by atoms with E-state index < -0.39 is 0 Å². The number of benzene rings is 1. The SMILES string of the molecule is COc1c(Br)cccc1CCNC(=O)Cc1cccnc1. The summed E-state index contributed by atoms with van der Waals surface area (Å²) < 4.78 is 6.28. The maximum absolute atomic E-state index is 11.8. The molecule has 4 nitrogen and oxygen atoms in total. The summed E-state index contributed by atoms with van der Waals surface area (Å²) in [5, 5.41) is 2.91. The molecular formula is C16H17BrN2O2. The Balaban J connectivity index is 1.84. The molecule has 1 N–H and O–H groups in total. The van der Waals surface area contributed by atoms with Gasteiger partial charge in [0.2, 0.25) is 5.91 Å². The Hall–Kier alpha value is -1.88. The molecule has 0 aliphatic heterocycles. The molecule has 1 aromatic heterocycles. The molecule has 5 heteroatoms. The number of aromatic nitrogens is 1. The van der Waals surface area contributed by atoms with Gasteiger partial charge in [-0.2, -0.15) is 0 Å². The first-order valence-electron chi connectivity index (χ1n) is 6.67. The first-order valence-corrected chi connectivity index (χ1v) is 7.47. The third-order valence-corrected chi connectivity index (χ3v) is 3.68. The molecule has 0 saturated heterocycles. The quantitative estimate of drug-likeness (QED) is 0.873. The molecule has 1 amide bonds. The maximum Gasteiger partial charge on any atom is 0.224 e. The number of hydrogen-bond acceptors (Lipinski definition) is 3. The number of para-hydroxylation sites is 1. The van der Waals surface area contributed by atoms with Crippen molar-refractivity contribution in [2.45, 2.75) is 12.8 Å². The number of carbonyl (C=O) groups is 1. The molecule has 0 fully saturated rings. The monoisotopic (exact) mass is 348 g/mol. The fraction of sp³-hybridized carbons (Fsp3) is 0.250. The summed E-state index contributed by atoms with van der Waals surface area (Å²) in [4.78, 5) is 15.8. The Kier molecular flexibility index (Phi) is 5.75. The van der Waals surface area contributed by atoms with E-state index in [0.717, 1.165) is 27.8 Å². The van der Waals surface area contributed by atoms with Crippen LogP contribution in [-0.4, -0.2) is 24.5 Å². The number of amides is 1. The minimum atomic E-state index is -0.00281. The summed E-state index contributed by atoms with van der Waals surface area (Å²) in [7, 11) is 1.64. The molecule has 2 rings (SSSR count). The van der Waals surface area contributed by atoms with E-state index in [2.05, 4.69) is 26.2 Å². The second-order valence-electron chi connectivity index (χ2n) is 4.57. The first-order chi connectivity index (χ1) is 10.2. The minimum absolute atomic E-state index is 0.00281. The summed E-state index contributed by atoms with van der Waals surface area (Å²) in [6.45, 7) is 0.575. The fourth-order valence-corrected chi connectivity index (χ4v) is 2.64. The predicted molar refractivity (Wildman–Crippen MR) is 85.3 cm³/mol. The van der Waals surface area contributed by atoms with Crippen LogP contribution in [0.5, 0.6) is 5.75 Å².